The Morgan fingerprint density at radius 2 is 1.52 bits per heavy atom. The van der Waals surface area contributed by atoms with Gasteiger partial charge in [0.05, 0.1) is 6.10 Å². The van der Waals surface area contributed by atoms with E-state index in [0.717, 1.165) is 18.4 Å². The van der Waals surface area contributed by atoms with Gasteiger partial charge in [0, 0.05) is 23.4 Å². The Labute approximate surface area is 163 Å². The van der Waals surface area contributed by atoms with E-state index in [1.54, 1.807) is 0 Å². The first-order valence-electron chi connectivity index (χ1n) is 9.96. The molecule has 0 radical (unpaired) electrons. The fourth-order valence-corrected chi connectivity index (χ4v) is 4.46. The van der Waals surface area contributed by atoms with E-state index < -0.39 is 6.29 Å². The lowest BCUT2D eigenvalue weighted by Gasteiger charge is -2.46. The Bertz CT molecular complexity index is 680. The molecular formula is C24H33NO2. The molecule has 1 aliphatic carbocycles. The Morgan fingerprint density at radius 1 is 0.963 bits per heavy atom. The van der Waals surface area contributed by atoms with Crippen LogP contribution in [0.4, 0.5) is 0 Å². The van der Waals surface area contributed by atoms with E-state index in [1.165, 1.54) is 5.56 Å². The van der Waals surface area contributed by atoms with Gasteiger partial charge in [0.15, 0.2) is 6.29 Å². The van der Waals surface area contributed by atoms with E-state index in [1.807, 2.05) is 12.2 Å². The maximum absolute atomic E-state index is 10.5. The summed E-state index contributed by atoms with van der Waals surface area (Å²) >= 11 is 0. The summed E-state index contributed by atoms with van der Waals surface area (Å²) in [5.74, 6) is 0.300. The minimum atomic E-state index is -0.771. The van der Waals surface area contributed by atoms with Crippen molar-refractivity contribution in [3.8, 4) is 0 Å². The maximum Gasteiger partial charge on any atom is 0.158 e. The number of rotatable bonds is 5. The van der Waals surface area contributed by atoms with Gasteiger partial charge >= 0.3 is 0 Å². The van der Waals surface area contributed by atoms with Crippen LogP contribution < -0.4 is 5.32 Å². The van der Waals surface area contributed by atoms with Gasteiger partial charge in [0.25, 0.3) is 0 Å². The van der Waals surface area contributed by atoms with Gasteiger partial charge in [0.1, 0.15) is 0 Å². The second-order valence-electron chi connectivity index (χ2n) is 9.14. The maximum atomic E-state index is 10.5. The van der Waals surface area contributed by atoms with E-state index in [0.29, 0.717) is 12.3 Å². The zero-order valence-electron chi connectivity index (χ0n) is 17.0. The van der Waals surface area contributed by atoms with Crippen molar-refractivity contribution >= 4 is 0 Å². The summed E-state index contributed by atoms with van der Waals surface area (Å²) in [6.07, 6.45) is 14.2. The van der Waals surface area contributed by atoms with Gasteiger partial charge < -0.3 is 15.2 Å². The number of allylic oxidation sites excluding steroid dienone is 6. The summed E-state index contributed by atoms with van der Waals surface area (Å²) in [4.78, 5) is 0. The Morgan fingerprint density at radius 3 is 2.07 bits per heavy atom. The van der Waals surface area contributed by atoms with E-state index in [9.17, 15) is 5.11 Å². The molecule has 1 unspecified atom stereocenters. The van der Waals surface area contributed by atoms with Crippen LogP contribution in [0.3, 0.4) is 0 Å². The molecule has 1 aromatic rings. The fraction of sp³-hybridized carbons (Fsp3) is 0.500. The molecule has 1 saturated heterocycles. The first kappa shape index (κ1) is 20.1. The SMILES string of the molecule is CC1(C)CC(OC(O)Cc2ccc(C3C=CC=CC=C3)cc2)CC(C)(C)N1. The highest BCUT2D eigenvalue weighted by atomic mass is 16.6. The van der Waals surface area contributed by atoms with Crippen molar-refractivity contribution in [2.75, 3.05) is 0 Å². The fourth-order valence-electron chi connectivity index (χ4n) is 4.46. The molecule has 1 heterocycles. The average molecular weight is 368 g/mol. The quantitative estimate of drug-likeness (QED) is 0.745. The van der Waals surface area contributed by atoms with Crippen molar-refractivity contribution in [1.29, 1.82) is 0 Å². The molecule has 3 heteroatoms. The number of benzene rings is 1. The predicted molar refractivity (Wildman–Crippen MR) is 112 cm³/mol. The van der Waals surface area contributed by atoms with Gasteiger partial charge in [-0.25, -0.2) is 0 Å². The molecule has 2 N–H and O–H groups in total. The van der Waals surface area contributed by atoms with Gasteiger partial charge in [-0.05, 0) is 51.7 Å². The van der Waals surface area contributed by atoms with Gasteiger partial charge in [-0.3, -0.25) is 0 Å². The Balaban J connectivity index is 1.57. The van der Waals surface area contributed by atoms with Crippen molar-refractivity contribution < 1.29 is 9.84 Å². The summed E-state index contributed by atoms with van der Waals surface area (Å²) in [7, 11) is 0. The Hall–Kier alpha value is -1.68. The highest BCUT2D eigenvalue weighted by Crippen LogP contribution is 2.31. The van der Waals surface area contributed by atoms with Crippen LogP contribution in [-0.2, 0) is 11.2 Å². The highest BCUT2D eigenvalue weighted by molar-refractivity contribution is 5.35. The van der Waals surface area contributed by atoms with E-state index in [2.05, 4.69) is 81.6 Å². The molecule has 2 aliphatic rings. The number of aliphatic hydroxyl groups is 1. The average Bonchev–Trinajstić information content (AvgIpc) is 2.81. The third kappa shape index (κ3) is 5.90. The van der Waals surface area contributed by atoms with Crippen LogP contribution in [0.1, 0.15) is 57.6 Å². The van der Waals surface area contributed by atoms with Crippen molar-refractivity contribution in [2.24, 2.45) is 0 Å². The molecule has 27 heavy (non-hydrogen) atoms. The zero-order valence-corrected chi connectivity index (χ0v) is 17.0. The van der Waals surface area contributed by atoms with Crippen LogP contribution in [0.25, 0.3) is 0 Å². The normalized spacial score (nSPS) is 23.3. The van der Waals surface area contributed by atoms with Crippen LogP contribution in [-0.4, -0.2) is 28.6 Å². The van der Waals surface area contributed by atoms with Crippen LogP contribution in [0, 0.1) is 0 Å². The molecule has 1 atom stereocenters. The summed E-state index contributed by atoms with van der Waals surface area (Å²) in [6, 6.07) is 8.48. The molecule has 0 saturated carbocycles. The number of nitrogens with one attached hydrogen (secondary N) is 1. The molecule has 0 spiro atoms. The third-order valence-electron chi connectivity index (χ3n) is 5.25. The van der Waals surface area contributed by atoms with Crippen molar-refractivity contribution in [2.45, 2.75) is 76.3 Å². The standard InChI is InChI=1S/C24H33NO2/c1-23(2)16-21(17-24(3,4)25-23)27-22(26)15-18-11-13-20(14-12-18)19-9-7-5-6-8-10-19/h5-14,19,21-22,25-26H,15-17H2,1-4H3. The molecule has 1 aromatic carbocycles. The van der Waals surface area contributed by atoms with Gasteiger partial charge in [-0.15, -0.1) is 0 Å². The summed E-state index contributed by atoms with van der Waals surface area (Å²) < 4.78 is 6.01. The monoisotopic (exact) mass is 367 g/mol. The molecule has 3 rings (SSSR count). The molecule has 0 bridgehead atoms. The first-order chi connectivity index (χ1) is 12.7. The second kappa shape index (κ2) is 8.14. The number of piperidine rings is 1. The van der Waals surface area contributed by atoms with Crippen LogP contribution >= 0.6 is 0 Å². The molecule has 3 nitrogen and oxygen atoms in total. The lowest BCUT2D eigenvalue weighted by molar-refractivity contribution is -0.156. The van der Waals surface area contributed by atoms with Crippen LogP contribution in [0.15, 0.2) is 60.7 Å². The zero-order chi connectivity index (χ0) is 19.5. The number of aliphatic hydroxyl groups excluding tert-OH is 1. The predicted octanol–water partition coefficient (Wildman–Crippen LogP) is 4.64. The first-order valence-corrected chi connectivity index (χ1v) is 9.96. The van der Waals surface area contributed by atoms with Crippen molar-refractivity contribution in [3.05, 3.63) is 71.8 Å². The number of hydrogen-bond donors (Lipinski definition) is 2. The van der Waals surface area contributed by atoms with E-state index in [4.69, 9.17) is 4.74 Å². The number of hydrogen-bond acceptors (Lipinski definition) is 3. The third-order valence-corrected chi connectivity index (χ3v) is 5.25. The van der Waals surface area contributed by atoms with Gasteiger partial charge in [-0.1, -0.05) is 60.7 Å². The lowest BCUT2D eigenvalue weighted by atomic mass is 9.81. The summed E-state index contributed by atoms with van der Waals surface area (Å²) in [5.41, 5.74) is 2.38. The molecule has 1 fully saturated rings. The van der Waals surface area contributed by atoms with Crippen LogP contribution in [0.5, 0.6) is 0 Å². The van der Waals surface area contributed by atoms with Gasteiger partial charge in [-0.2, -0.15) is 0 Å². The van der Waals surface area contributed by atoms with E-state index in [-0.39, 0.29) is 17.2 Å². The molecule has 146 valence electrons. The molecule has 0 aromatic heterocycles. The molecule has 0 amide bonds. The molecule has 1 aliphatic heterocycles. The minimum Gasteiger partial charge on any atom is -0.368 e. The van der Waals surface area contributed by atoms with Gasteiger partial charge in [0.2, 0.25) is 0 Å². The van der Waals surface area contributed by atoms with Crippen molar-refractivity contribution in [1.82, 2.24) is 5.32 Å². The summed E-state index contributed by atoms with van der Waals surface area (Å²) in [6.45, 7) is 8.78. The second-order valence-corrected chi connectivity index (χ2v) is 9.14. The lowest BCUT2D eigenvalue weighted by Crippen LogP contribution is -2.59. The molecular weight excluding hydrogens is 334 g/mol. The Kier molecular flexibility index (Phi) is 6.05. The largest absolute Gasteiger partial charge is 0.368 e. The van der Waals surface area contributed by atoms with E-state index >= 15 is 0 Å². The smallest absolute Gasteiger partial charge is 0.158 e. The minimum absolute atomic E-state index is 0.0163. The van der Waals surface area contributed by atoms with Crippen LogP contribution in [0.2, 0.25) is 0 Å². The number of ether oxygens (including phenoxy) is 1. The van der Waals surface area contributed by atoms with Crippen molar-refractivity contribution in [3.63, 3.8) is 0 Å². The highest BCUT2D eigenvalue weighted by Gasteiger charge is 2.38. The topological polar surface area (TPSA) is 41.5 Å². The summed E-state index contributed by atoms with van der Waals surface area (Å²) in [5, 5.41) is 14.1.